The Hall–Kier alpha value is -1.19. The molecule has 1 rings (SSSR count). The predicted molar refractivity (Wildman–Crippen MR) is 63.2 cm³/mol. The largest absolute Gasteiger partial charge is 0.271 e. The van der Waals surface area contributed by atoms with Crippen molar-refractivity contribution in [1.29, 1.82) is 0 Å². The lowest BCUT2D eigenvalue weighted by Crippen LogP contribution is -2.27. The molecular formula is C12H19N3. The van der Waals surface area contributed by atoms with Crippen LogP contribution in [0.25, 0.3) is 0 Å². The Morgan fingerprint density at radius 1 is 1.40 bits per heavy atom. The number of nitrogens with one attached hydrogen (secondary N) is 1. The number of pyridine rings is 1. The highest BCUT2D eigenvalue weighted by molar-refractivity contribution is 5.28. The Bertz CT molecular complexity index is 365. The quantitative estimate of drug-likeness (QED) is 0.452. The molecule has 1 heterocycles. The van der Waals surface area contributed by atoms with Crippen LogP contribution >= 0.6 is 0 Å². The smallest absolute Gasteiger partial charge is 0.0660 e. The lowest BCUT2D eigenvalue weighted by Gasteiger charge is -2.15. The minimum Gasteiger partial charge on any atom is -0.271 e. The van der Waals surface area contributed by atoms with Gasteiger partial charge in [0.2, 0.25) is 0 Å². The molecule has 0 fully saturated rings. The maximum absolute atomic E-state index is 5.54. The lowest BCUT2D eigenvalue weighted by molar-refractivity contribution is 0.644. The first-order chi connectivity index (χ1) is 7.04. The van der Waals surface area contributed by atoms with Gasteiger partial charge in [-0.2, -0.15) is 0 Å². The zero-order chi connectivity index (χ0) is 11.4. The van der Waals surface area contributed by atoms with Crippen LogP contribution in [-0.4, -0.2) is 4.98 Å². The van der Waals surface area contributed by atoms with Gasteiger partial charge in [0.05, 0.1) is 6.04 Å². The Morgan fingerprint density at radius 3 is 2.53 bits per heavy atom. The van der Waals surface area contributed by atoms with E-state index in [0.717, 1.165) is 17.0 Å². The second kappa shape index (κ2) is 5.05. The molecule has 15 heavy (non-hydrogen) atoms. The molecule has 82 valence electrons. The van der Waals surface area contributed by atoms with E-state index in [2.05, 4.69) is 36.4 Å². The monoisotopic (exact) mass is 205 g/mol. The van der Waals surface area contributed by atoms with E-state index in [-0.39, 0.29) is 6.04 Å². The number of hydrogen-bond donors (Lipinski definition) is 2. The van der Waals surface area contributed by atoms with Crippen LogP contribution in [0.2, 0.25) is 0 Å². The summed E-state index contributed by atoms with van der Waals surface area (Å²) in [6.07, 6.45) is 2.10. The molecule has 1 aromatic rings. The Kier molecular flexibility index (Phi) is 4.00. The van der Waals surface area contributed by atoms with Gasteiger partial charge in [0.15, 0.2) is 0 Å². The molecule has 0 aliphatic carbocycles. The number of hydrazine groups is 1. The number of nitrogens with zero attached hydrogens (tertiary/aromatic N) is 1. The summed E-state index contributed by atoms with van der Waals surface area (Å²) in [6, 6.07) is 4.12. The molecule has 0 spiro atoms. The fraction of sp³-hybridized carbons (Fsp3) is 0.417. The third-order valence-electron chi connectivity index (χ3n) is 2.28. The number of hydrogen-bond acceptors (Lipinski definition) is 3. The van der Waals surface area contributed by atoms with E-state index in [9.17, 15) is 0 Å². The van der Waals surface area contributed by atoms with Crippen LogP contribution in [0, 0.1) is 13.8 Å². The third-order valence-corrected chi connectivity index (χ3v) is 2.28. The van der Waals surface area contributed by atoms with Crippen LogP contribution in [0.3, 0.4) is 0 Å². The third kappa shape index (κ3) is 3.15. The molecule has 3 heteroatoms. The van der Waals surface area contributed by atoms with Crippen molar-refractivity contribution in [3.05, 3.63) is 40.7 Å². The maximum atomic E-state index is 5.54. The van der Waals surface area contributed by atoms with Gasteiger partial charge in [-0.1, -0.05) is 17.7 Å². The van der Waals surface area contributed by atoms with E-state index in [4.69, 9.17) is 5.84 Å². The van der Waals surface area contributed by atoms with Crippen LogP contribution in [0.1, 0.15) is 36.8 Å². The number of nitrogens with two attached hydrogens (primary N) is 1. The molecule has 0 aliphatic rings. The van der Waals surface area contributed by atoms with Crippen LogP contribution in [0.4, 0.5) is 0 Å². The molecule has 3 nitrogen and oxygen atoms in total. The highest BCUT2D eigenvalue weighted by Gasteiger charge is 2.09. The van der Waals surface area contributed by atoms with E-state index in [1.807, 2.05) is 19.9 Å². The summed E-state index contributed by atoms with van der Waals surface area (Å²) in [5.74, 6) is 5.54. The van der Waals surface area contributed by atoms with Crippen molar-refractivity contribution < 1.29 is 0 Å². The Balaban J connectivity index is 3.07. The second-order valence-electron chi connectivity index (χ2n) is 4.02. The number of aromatic nitrogens is 1. The topological polar surface area (TPSA) is 50.9 Å². The average Bonchev–Trinajstić information content (AvgIpc) is 2.14. The summed E-state index contributed by atoms with van der Waals surface area (Å²) >= 11 is 0. The van der Waals surface area contributed by atoms with E-state index in [1.54, 1.807) is 0 Å². The van der Waals surface area contributed by atoms with Gasteiger partial charge in [-0.05, 0) is 39.3 Å². The highest BCUT2D eigenvalue weighted by atomic mass is 15.2. The number of rotatable bonds is 3. The van der Waals surface area contributed by atoms with Crippen molar-refractivity contribution in [3.63, 3.8) is 0 Å². The zero-order valence-electron chi connectivity index (χ0n) is 9.83. The predicted octanol–water partition coefficient (Wildman–Crippen LogP) is 2.17. The summed E-state index contributed by atoms with van der Waals surface area (Å²) in [6.45, 7) is 8.11. The first-order valence-corrected chi connectivity index (χ1v) is 5.10. The standard InChI is InChI=1S/C12H19N3/c1-8(2)7-12(15-13)11-6-5-9(3)14-10(11)4/h5-7,12,15H,13H2,1-4H3. The van der Waals surface area contributed by atoms with Gasteiger partial charge in [0, 0.05) is 11.4 Å². The van der Waals surface area contributed by atoms with Crippen molar-refractivity contribution >= 4 is 0 Å². The van der Waals surface area contributed by atoms with Gasteiger partial charge in [-0.15, -0.1) is 0 Å². The van der Waals surface area contributed by atoms with Gasteiger partial charge < -0.3 is 0 Å². The van der Waals surface area contributed by atoms with Crippen LogP contribution in [-0.2, 0) is 0 Å². The maximum Gasteiger partial charge on any atom is 0.0660 e. The Labute approximate surface area is 91.4 Å². The summed E-state index contributed by atoms with van der Waals surface area (Å²) < 4.78 is 0. The van der Waals surface area contributed by atoms with E-state index >= 15 is 0 Å². The van der Waals surface area contributed by atoms with Crippen LogP contribution < -0.4 is 11.3 Å². The first-order valence-electron chi connectivity index (χ1n) is 5.10. The fourth-order valence-electron chi connectivity index (χ4n) is 1.59. The van der Waals surface area contributed by atoms with Crippen molar-refractivity contribution in [2.45, 2.75) is 33.7 Å². The SMILES string of the molecule is CC(C)=CC(NN)c1ccc(C)nc1C. The van der Waals surface area contributed by atoms with Crippen LogP contribution in [0.15, 0.2) is 23.8 Å². The van der Waals surface area contributed by atoms with Gasteiger partial charge in [-0.3, -0.25) is 10.8 Å². The van der Waals surface area contributed by atoms with Gasteiger partial charge >= 0.3 is 0 Å². The summed E-state index contributed by atoms with van der Waals surface area (Å²) in [4.78, 5) is 4.42. The molecule has 0 saturated heterocycles. The zero-order valence-corrected chi connectivity index (χ0v) is 9.83. The fourth-order valence-corrected chi connectivity index (χ4v) is 1.59. The van der Waals surface area contributed by atoms with Crippen molar-refractivity contribution in [1.82, 2.24) is 10.4 Å². The normalized spacial score (nSPS) is 12.3. The molecule has 3 N–H and O–H groups in total. The number of allylic oxidation sites excluding steroid dienone is 1. The van der Waals surface area contributed by atoms with Crippen molar-refractivity contribution in [3.8, 4) is 0 Å². The highest BCUT2D eigenvalue weighted by Crippen LogP contribution is 2.18. The lowest BCUT2D eigenvalue weighted by atomic mass is 10.0. The first kappa shape index (κ1) is 11.9. The second-order valence-corrected chi connectivity index (χ2v) is 4.02. The molecule has 0 bridgehead atoms. The molecule has 0 saturated carbocycles. The van der Waals surface area contributed by atoms with Gasteiger partial charge in [-0.25, -0.2) is 5.43 Å². The summed E-state index contributed by atoms with van der Waals surface area (Å²) in [7, 11) is 0. The summed E-state index contributed by atoms with van der Waals surface area (Å²) in [5.41, 5.74) is 7.21. The van der Waals surface area contributed by atoms with Crippen LogP contribution in [0.5, 0.6) is 0 Å². The van der Waals surface area contributed by atoms with E-state index < -0.39 is 0 Å². The minimum atomic E-state index is 0.0445. The molecule has 1 atom stereocenters. The molecule has 0 radical (unpaired) electrons. The molecule has 0 amide bonds. The van der Waals surface area contributed by atoms with Crippen molar-refractivity contribution in [2.24, 2.45) is 5.84 Å². The molecule has 1 aromatic heterocycles. The van der Waals surface area contributed by atoms with Gasteiger partial charge in [0.1, 0.15) is 0 Å². The Morgan fingerprint density at radius 2 is 2.07 bits per heavy atom. The molecule has 1 unspecified atom stereocenters. The molecule has 0 aliphatic heterocycles. The minimum absolute atomic E-state index is 0.0445. The number of aryl methyl sites for hydroxylation is 2. The average molecular weight is 205 g/mol. The van der Waals surface area contributed by atoms with Gasteiger partial charge in [0.25, 0.3) is 0 Å². The molecule has 0 aromatic carbocycles. The summed E-state index contributed by atoms with van der Waals surface area (Å²) in [5, 5.41) is 0. The molecular weight excluding hydrogens is 186 g/mol. The van der Waals surface area contributed by atoms with Crippen molar-refractivity contribution in [2.75, 3.05) is 0 Å². The van der Waals surface area contributed by atoms with E-state index in [0.29, 0.717) is 0 Å². The van der Waals surface area contributed by atoms with E-state index in [1.165, 1.54) is 5.57 Å².